The number of guanidine groups is 1. The first-order valence-electron chi connectivity index (χ1n) is 7.34. The number of aliphatic imine (C=N–C) groups is 1. The number of hydrogen-bond donors (Lipinski definition) is 2. The van der Waals surface area contributed by atoms with Crippen LogP contribution in [0.5, 0.6) is 0 Å². The summed E-state index contributed by atoms with van der Waals surface area (Å²) in [5.41, 5.74) is 2.52. The second kappa shape index (κ2) is 11.8. The van der Waals surface area contributed by atoms with Crippen molar-refractivity contribution in [3.63, 3.8) is 0 Å². The van der Waals surface area contributed by atoms with Crippen LogP contribution in [0, 0.1) is 6.92 Å². The molecule has 4 nitrogen and oxygen atoms in total. The van der Waals surface area contributed by atoms with E-state index in [-0.39, 0.29) is 24.0 Å². The van der Waals surface area contributed by atoms with E-state index < -0.39 is 0 Å². The van der Waals surface area contributed by atoms with E-state index in [4.69, 9.17) is 0 Å². The molecule has 0 aliphatic heterocycles. The fourth-order valence-electron chi connectivity index (χ4n) is 1.81. The van der Waals surface area contributed by atoms with E-state index in [0.717, 1.165) is 32.0 Å². The molecule has 0 spiro atoms. The third-order valence-electron chi connectivity index (χ3n) is 2.96. The molecule has 0 saturated carbocycles. The van der Waals surface area contributed by atoms with Crippen LogP contribution in [-0.4, -0.2) is 44.6 Å². The molecule has 0 heterocycles. The second-order valence-corrected chi connectivity index (χ2v) is 5.26. The fourth-order valence-corrected chi connectivity index (χ4v) is 1.81. The van der Waals surface area contributed by atoms with Crippen molar-refractivity contribution in [3.05, 3.63) is 35.4 Å². The molecule has 120 valence electrons. The van der Waals surface area contributed by atoms with E-state index in [1.807, 2.05) is 0 Å². The predicted octanol–water partition coefficient (Wildman–Crippen LogP) is 2.62. The summed E-state index contributed by atoms with van der Waals surface area (Å²) in [5.74, 6) is 0.895. The Morgan fingerprint density at radius 1 is 1.14 bits per heavy atom. The van der Waals surface area contributed by atoms with Crippen molar-refractivity contribution in [2.75, 3.05) is 33.7 Å². The summed E-state index contributed by atoms with van der Waals surface area (Å²) in [7, 11) is 4.19. The van der Waals surface area contributed by atoms with Gasteiger partial charge in [0.2, 0.25) is 0 Å². The molecule has 0 unspecified atom stereocenters. The van der Waals surface area contributed by atoms with Crippen molar-refractivity contribution in [3.8, 4) is 0 Å². The van der Waals surface area contributed by atoms with Gasteiger partial charge in [0.15, 0.2) is 5.96 Å². The lowest BCUT2D eigenvalue weighted by molar-refractivity contribution is 0.399. The summed E-state index contributed by atoms with van der Waals surface area (Å²) in [6, 6.07) is 8.52. The first-order chi connectivity index (χ1) is 9.61. The number of nitrogens with zero attached hydrogens (tertiary/aromatic N) is 2. The van der Waals surface area contributed by atoms with Gasteiger partial charge in [-0.3, -0.25) is 0 Å². The van der Waals surface area contributed by atoms with Gasteiger partial charge in [-0.1, -0.05) is 29.8 Å². The average molecular weight is 404 g/mol. The molecule has 2 N–H and O–H groups in total. The van der Waals surface area contributed by atoms with Crippen molar-refractivity contribution in [2.24, 2.45) is 4.99 Å². The zero-order valence-electron chi connectivity index (χ0n) is 13.6. The van der Waals surface area contributed by atoms with Crippen LogP contribution in [0.3, 0.4) is 0 Å². The zero-order chi connectivity index (χ0) is 14.8. The molecule has 0 atom stereocenters. The van der Waals surface area contributed by atoms with Crippen molar-refractivity contribution in [2.45, 2.75) is 26.8 Å². The third kappa shape index (κ3) is 9.68. The van der Waals surface area contributed by atoms with E-state index in [1.54, 1.807) is 0 Å². The van der Waals surface area contributed by atoms with Gasteiger partial charge in [0.05, 0.1) is 6.54 Å². The Labute approximate surface area is 146 Å². The number of aryl methyl sites for hydroxylation is 1. The fraction of sp³-hybridized carbons (Fsp3) is 0.562. The highest BCUT2D eigenvalue weighted by molar-refractivity contribution is 14.0. The van der Waals surface area contributed by atoms with Crippen LogP contribution >= 0.6 is 24.0 Å². The lowest BCUT2D eigenvalue weighted by Crippen LogP contribution is -2.38. The van der Waals surface area contributed by atoms with E-state index in [1.165, 1.54) is 11.1 Å². The third-order valence-corrected chi connectivity index (χ3v) is 2.96. The van der Waals surface area contributed by atoms with E-state index in [2.05, 4.69) is 72.7 Å². The Morgan fingerprint density at radius 3 is 2.38 bits per heavy atom. The van der Waals surface area contributed by atoms with Crippen LogP contribution in [0.15, 0.2) is 29.3 Å². The van der Waals surface area contributed by atoms with Crippen LogP contribution in [0.4, 0.5) is 0 Å². The van der Waals surface area contributed by atoms with Crippen molar-refractivity contribution in [1.29, 1.82) is 0 Å². The zero-order valence-corrected chi connectivity index (χ0v) is 16.0. The summed E-state index contributed by atoms with van der Waals surface area (Å²) in [6.45, 7) is 7.81. The molecule has 1 rings (SSSR count). The Morgan fingerprint density at radius 2 is 1.81 bits per heavy atom. The SMILES string of the molecule is CCNC(=NCc1ccc(C)cc1)NCCCN(C)C.I. The maximum absolute atomic E-state index is 4.61. The van der Waals surface area contributed by atoms with Crippen LogP contribution < -0.4 is 10.6 Å². The van der Waals surface area contributed by atoms with Crippen LogP contribution in [0.1, 0.15) is 24.5 Å². The normalized spacial score (nSPS) is 11.2. The monoisotopic (exact) mass is 404 g/mol. The molecule has 1 aromatic rings. The summed E-state index contributed by atoms with van der Waals surface area (Å²) in [4.78, 5) is 6.80. The van der Waals surface area contributed by atoms with Gasteiger partial charge < -0.3 is 15.5 Å². The average Bonchev–Trinajstić information content (AvgIpc) is 2.42. The lowest BCUT2D eigenvalue weighted by Gasteiger charge is -2.13. The van der Waals surface area contributed by atoms with Gasteiger partial charge in [0, 0.05) is 13.1 Å². The molecule has 5 heteroatoms. The topological polar surface area (TPSA) is 39.7 Å². The summed E-state index contributed by atoms with van der Waals surface area (Å²) in [5, 5.41) is 6.65. The largest absolute Gasteiger partial charge is 0.357 e. The van der Waals surface area contributed by atoms with Crippen LogP contribution in [-0.2, 0) is 6.54 Å². The van der Waals surface area contributed by atoms with Gasteiger partial charge in [-0.05, 0) is 46.5 Å². The summed E-state index contributed by atoms with van der Waals surface area (Å²) < 4.78 is 0. The second-order valence-electron chi connectivity index (χ2n) is 5.26. The molecule has 0 bridgehead atoms. The molecular formula is C16H29IN4. The Kier molecular flexibility index (Phi) is 11.3. The van der Waals surface area contributed by atoms with Gasteiger partial charge in [-0.2, -0.15) is 0 Å². The number of benzene rings is 1. The minimum atomic E-state index is 0. The molecular weight excluding hydrogens is 375 g/mol. The quantitative estimate of drug-likeness (QED) is 0.318. The Hall–Kier alpha value is -0.820. The molecule has 1 aromatic carbocycles. The standard InChI is InChI=1S/C16H28N4.HI/c1-5-17-16(18-11-6-12-20(3)4)19-13-15-9-7-14(2)8-10-15;/h7-10H,5-6,11-13H2,1-4H3,(H2,17,18,19);1H. The molecule has 0 aliphatic carbocycles. The maximum Gasteiger partial charge on any atom is 0.191 e. The number of rotatable bonds is 7. The molecule has 0 radical (unpaired) electrons. The van der Waals surface area contributed by atoms with Gasteiger partial charge >= 0.3 is 0 Å². The maximum atomic E-state index is 4.61. The highest BCUT2D eigenvalue weighted by Gasteiger charge is 1.98. The van der Waals surface area contributed by atoms with Crippen molar-refractivity contribution in [1.82, 2.24) is 15.5 Å². The molecule has 0 aromatic heterocycles. The number of nitrogens with one attached hydrogen (secondary N) is 2. The predicted molar refractivity (Wildman–Crippen MR) is 103 cm³/mol. The van der Waals surface area contributed by atoms with E-state index >= 15 is 0 Å². The number of halogens is 1. The highest BCUT2D eigenvalue weighted by atomic mass is 127. The number of hydrogen-bond acceptors (Lipinski definition) is 2. The van der Waals surface area contributed by atoms with E-state index in [0.29, 0.717) is 6.54 Å². The van der Waals surface area contributed by atoms with Crippen LogP contribution in [0.2, 0.25) is 0 Å². The Bertz CT molecular complexity index is 401. The van der Waals surface area contributed by atoms with Gasteiger partial charge in [0.25, 0.3) is 0 Å². The van der Waals surface area contributed by atoms with Crippen LogP contribution in [0.25, 0.3) is 0 Å². The molecule has 0 saturated heterocycles. The minimum Gasteiger partial charge on any atom is -0.357 e. The summed E-state index contributed by atoms with van der Waals surface area (Å²) >= 11 is 0. The van der Waals surface area contributed by atoms with E-state index in [9.17, 15) is 0 Å². The molecule has 21 heavy (non-hydrogen) atoms. The molecule has 0 fully saturated rings. The molecule has 0 amide bonds. The molecule has 0 aliphatic rings. The van der Waals surface area contributed by atoms with Crippen molar-refractivity contribution >= 4 is 29.9 Å². The minimum absolute atomic E-state index is 0. The first-order valence-corrected chi connectivity index (χ1v) is 7.34. The lowest BCUT2D eigenvalue weighted by atomic mass is 10.1. The summed E-state index contributed by atoms with van der Waals surface area (Å²) in [6.07, 6.45) is 1.11. The highest BCUT2D eigenvalue weighted by Crippen LogP contribution is 2.04. The van der Waals surface area contributed by atoms with Crippen molar-refractivity contribution < 1.29 is 0 Å². The first kappa shape index (κ1) is 20.2. The van der Waals surface area contributed by atoms with Gasteiger partial charge in [-0.15, -0.1) is 24.0 Å². The smallest absolute Gasteiger partial charge is 0.191 e. The van der Waals surface area contributed by atoms with Gasteiger partial charge in [0.1, 0.15) is 0 Å². The Balaban J connectivity index is 0.00000400. The van der Waals surface area contributed by atoms with Gasteiger partial charge in [-0.25, -0.2) is 4.99 Å².